The first-order valence-electron chi connectivity index (χ1n) is 4.95. The smallest absolute Gasteiger partial charge is 0.327 e. The molecule has 0 aliphatic carbocycles. The summed E-state index contributed by atoms with van der Waals surface area (Å²) in [5.41, 5.74) is 0. The molecule has 1 aliphatic rings. The van der Waals surface area contributed by atoms with E-state index in [0.717, 1.165) is 0 Å². The summed E-state index contributed by atoms with van der Waals surface area (Å²) in [5, 5.41) is 11.5. The summed E-state index contributed by atoms with van der Waals surface area (Å²) >= 11 is 1.44. The number of urea groups is 1. The van der Waals surface area contributed by atoms with E-state index in [0.29, 0.717) is 31.0 Å². The largest absolute Gasteiger partial charge is 0.480 e. The average Bonchev–Trinajstić information content (AvgIpc) is 2.73. The maximum absolute atomic E-state index is 11.6. The number of carboxylic acid groups (broad SMARTS) is 1. The van der Waals surface area contributed by atoms with E-state index >= 15 is 0 Å². The van der Waals surface area contributed by atoms with Gasteiger partial charge in [-0.05, 0) is 6.42 Å². The van der Waals surface area contributed by atoms with Crippen LogP contribution in [0.5, 0.6) is 0 Å². The second kappa shape index (κ2) is 6.28. The average molecular weight is 242 g/mol. The molecule has 1 aliphatic heterocycles. The molecule has 6 heteroatoms. The van der Waals surface area contributed by atoms with E-state index in [1.165, 1.54) is 16.7 Å². The van der Waals surface area contributed by atoms with Crippen LogP contribution in [-0.2, 0) is 4.79 Å². The van der Waals surface area contributed by atoms with E-state index in [-0.39, 0.29) is 6.03 Å². The van der Waals surface area contributed by atoms with Gasteiger partial charge in [-0.3, -0.25) is 0 Å². The Balaban J connectivity index is 2.36. The minimum atomic E-state index is -0.955. The Morgan fingerprint density at radius 3 is 3.00 bits per heavy atom. The van der Waals surface area contributed by atoms with Crippen molar-refractivity contribution in [3.63, 3.8) is 0 Å². The molecule has 1 heterocycles. The Bertz CT molecular complexity index is 314. The highest BCUT2D eigenvalue weighted by atomic mass is 32.2. The lowest BCUT2D eigenvalue weighted by atomic mass is 10.3. The van der Waals surface area contributed by atoms with E-state index in [1.54, 1.807) is 0 Å². The second-order valence-electron chi connectivity index (χ2n) is 3.36. The third kappa shape index (κ3) is 3.35. The van der Waals surface area contributed by atoms with Crippen LogP contribution in [0.4, 0.5) is 4.79 Å². The third-order valence-electron chi connectivity index (χ3n) is 2.20. The zero-order chi connectivity index (χ0) is 12.0. The fourth-order valence-corrected chi connectivity index (χ4v) is 2.48. The molecule has 1 saturated heterocycles. The Labute approximate surface area is 98.6 Å². The third-order valence-corrected chi connectivity index (χ3v) is 3.21. The van der Waals surface area contributed by atoms with Gasteiger partial charge in [0.2, 0.25) is 0 Å². The number of carboxylic acids is 1. The summed E-state index contributed by atoms with van der Waals surface area (Å²) in [4.78, 5) is 23.8. The number of rotatable bonds is 4. The van der Waals surface area contributed by atoms with Crippen LogP contribution in [-0.4, -0.2) is 46.2 Å². The lowest BCUT2D eigenvalue weighted by Gasteiger charge is -2.20. The molecule has 1 rings (SSSR count). The van der Waals surface area contributed by atoms with Gasteiger partial charge in [0.25, 0.3) is 0 Å². The zero-order valence-corrected chi connectivity index (χ0v) is 9.63. The highest BCUT2D eigenvalue weighted by Crippen LogP contribution is 2.20. The topological polar surface area (TPSA) is 69.6 Å². The molecule has 0 radical (unpaired) electrons. The Hall–Kier alpha value is -1.35. The van der Waals surface area contributed by atoms with Crippen LogP contribution < -0.4 is 5.32 Å². The SMILES string of the molecule is C#CCCCNC(=O)N1CSC[C@H]1C(=O)O. The quantitative estimate of drug-likeness (QED) is 0.558. The van der Waals surface area contributed by atoms with Crippen molar-refractivity contribution >= 4 is 23.8 Å². The molecule has 5 nitrogen and oxygen atoms in total. The molecular formula is C10H14N2O3S. The molecule has 0 aromatic rings. The molecule has 0 aromatic heterocycles. The van der Waals surface area contributed by atoms with Gasteiger partial charge < -0.3 is 15.3 Å². The monoisotopic (exact) mass is 242 g/mol. The van der Waals surface area contributed by atoms with Crippen molar-refractivity contribution in [3.8, 4) is 12.3 Å². The van der Waals surface area contributed by atoms with Gasteiger partial charge in [-0.25, -0.2) is 9.59 Å². The van der Waals surface area contributed by atoms with Gasteiger partial charge in [0.15, 0.2) is 0 Å². The fraction of sp³-hybridized carbons (Fsp3) is 0.600. The van der Waals surface area contributed by atoms with E-state index in [4.69, 9.17) is 11.5 Å². The first kappa shape index (κ1) is 12.7. The highest BCUT2D eigenvalue weighted by molar-refractivity contribution is 7.99. The molecule has 2 N–H and O–H groups in total. The van der Waals surface area contributed by atoms with Gasteiger partial charge in [-0.1, -0.05) is 0 Å². The minimum Gasteiger partial charge on any atom is -0.480 e. The van der Waals surface area contributed by atoms with Gasteiger partial charge in [-0.2, -0.15) is 0 Å². The van der Waals surface area contributed by atoms with Crippen LogP contribution >= 0.6 is 11.8 Å². The van der Waals surface area contributed by atoms with Crippen molar-refractivity contribution in [2.24, 2.45) is 0 Å². The van der Waals surface area contributed by atoms with E-state index in [2.05, 4.69) is 11.2 Å². The number of amides is 2. The van der Waals surface area contributed by atoms with Gasteiger partial charge in [0.1, 0.15) is 6.04 Å². The second-order valence-corrected chi connectivity index (χ2v) is 4.36. The number of hydrogen-bond donors (Lipinski definition) is 2. The molecule has 1 atom stereocenters. The number of unbranched alkanes of at least 4 members (excludes halogenated alkanes) is 1. The van der Waals surface area contributed by atoms with Crippen molar-refractivity contribution in [1.29, 1.82) is 0 Å². The van der Waals surface area contributed by atoms with Crippen molar-refractivity contribution in [1.82, 2.24) is 10.2 Å². The number of nitrogens with one attached hydrogen (secondary N) is 1. The predicted molar refractivity (Wildman–Crippen MR) is 62.1 cm³/mol. The molecular weight excluding hydrogens is 228 g/mol. The summed E-state index contributed by atoms with van der Waals surface area (Å²) in [7, 11) is 0. The Morgan fingerprint density at radius 2 is 2.38 bits per heavy atom. The summed E-state index contributed by atoms with van der Waals surface area (Å²) in [6.07, 6.45) is 6.39. The number of hydrogen-bond acceptors (Lipinski definition) is 3. The lowest BCUT2D eigenvalue weighted by molar-refractivity contribution is -0.140. The summed E-state index contributed by atoms with van der Waals surface area (Å²) in [6, 6.07) is -1.04. The number of thioether (sulfide) groups is 1. The fourth-order valence-electron chi connectivity index (χ4n) is 1.33. The van der Waals surface area contributed by atoms with E-state index < -0.39 is 12.0 Å². The minimum absolute atomic E-state index is 0.325. The van der Waals surface area contributed by atoms with Crippen LogP contribution in [0.2, 0.25) is 0 Å². The van der Waals surface area contributed by atoms with Gasteiger partial charge in [-0.15, -0.1) is 24.1 Å². The number of terminal acetylenes is 1. The zero-order valence-electron chi connectivity index (χ0n) is 8.81. The molecule has 16 heavy (non-hydrogen) atoms. The summed E-state index contributed by atoms with van der Waals surface area (Å²) in [5.74, 6) is 2.40. The van der Waals surface area contributed by atoms with Crippen molar-refractivity contribution < 1.29 is 14.7 Å². The molecule has 0 aromatic carbocycles. The van der Waals surface area contributed by atoms with Gasteiger partial charge in [0, 0.05) is 18.7 Å². The van der Waals surface area contributed by atoms with Crippen LogP contribution in [0.3, 0.4) is 0 Å². The maximum atomic E-state index is 11.6. The molecule has 1 fully saturated rings. The first-order chi connectivity index (χ1) is 7.66. The lowest BCUT2D eigenvalue weighted by Crippen LogP contribution is -2.47. The van der Waals surface area contributed by atoms with Gasteiger partial charge in [0.05, 0.1) is 5.88 Å². The number of carbonyl (C=O) groups is 2. The van der Waals surface area contributed by atoms with E-state index in [9.17, 15) is 9.59 Å². The Kier molecular flexibility index (Phi) is 4.99. The Morgan fingerprint density at radius 1 is 1.62 bits per heavy atom. The number of nitrogens with zero attached hydrogens (tertiary/aromatic N) is 1. The molecule has 0 bridgehead atoms. The molecule has 0 spiro atoms. The molecule has 0 unspecified atom stereocenters. The van der Waals surface area contributed by atoms with Crippen molar-refractivity contribution in [2.75, 3.05) is 18.2 Å². The van der Waals surface area contributed by atoms with Crippen LogP contribution in [0, 0.1) is 12.3 Å². The van der Waals surface area contributed by atoms with Crippen molar-refractivity contribution in [2.45, 2.75) is 18.9 Å². The summed E-state index contributed by atoms with van der Waals surface area (Å²) in [6.45, 7) is 0.483. The van der Waals surface area contributed by atoms with E-state index in [1.807, 2.05) is 0 Å². The van der Waals surface area contributed by atoms with Crippen LogP contribution in [0.1, 0.15) is 12.8 Å². The maximum Gasteiger partial charge on any atom is 0.327 e. The molecule has 0 saturated carbocycles. The van der Waals surface area contributed by atoms with Crippen LogP contribution in [0.25, 0.3) is 0 Å². The van der Waals surface area contributed by atoms with Crippen LogP contribution in [0.15, 0.2) is 0 Å². The highest BCUT2D eigenvalue weighted by Gasteiger charge is 2.34. The summed E-state index contributed by atoms with van der Waals surface area (Å²) < 4.78 is 0. The van der Waals surface area contributed by atoms with Crippen molar-refractivity contribution in [3.05, 3.63) is 0 Å². The normalized spacial score (nSPS) is 19.2. The standard InChI is InChI=1S/C10H14N2O3S/c1-2-3-4-5-11-10(15)12-7-16-6-8(12)9(13)14/h1,8H,3-7H2,(H,11,15)(H,13,14)/t8-/m0/s1. The number of carbonyl (C=O) groups excluding carboxylic acids is 1. The molecule has 2 amide bonds. The van der Waals surface area contributed by atoms with Gasteiger partial charge >= 0.3 is 12.0 Å². The molecule has 88 valence electrons. The number of aliphatic carboxylic acids is 1. The first-order valence-corrected chi connectivity index (χ1v) is 6.10. The predicted octanol–water partition coefficient (Wildman–Crippen LogP) is 0.569.